The van der Waals surface area contributed by atoms with Crippen LogP contribution in [0.5, 0.6) is 0 Å². The molecule has 1 aromatic carbocycles. The highest BCUT2D eigenvalue weighted by molar-refractivity contribution is 7.85. The molecule has 0 heterocycles. The van der Waals surface area contributed by atoms with E-state index in [0.717, 1.165) is 0 Å². The van der Waals surface area contributed by atoms with E-state index in [9.17, 15) is 8.42 Å². The monoisotopic (exact) mass is 183 g/mol. The van der Waals surface area contributed by atoms with Crippen LogP contribution in [0, 0.1) is 0 Å². The fourth-order valence-electron chi connectivity index (χ4n) is 0.746. The Hall–Kier alpha value is -1.01. The molecule has 0 atom stereocenters. The van der Waals surface area contributed by atoms with Crippen LogP contribution < -0.4 is 5.23 Å². The summed E-state index contributed by atoms with van der Waals surface area (Å²) in [5.74, 6) is 0. The molecule has 1 rings (SSSR count). The second kappa shape index (κ2) is 3.16. The van der Waals surface area contributed by atoms with Gasteiger partial charge in [-0.05, 0) is 18.2 Å². The first kappa shape index (κ1) is 9.09. The third-order valence-corrected chi connectivity index (χ3v) is 2.15. The van der Waals surface area contributed by atoms with Crippen molar-refractivity contribution in [3.05, 3.63) is 24.3 Å². The molecule has 0 aliphatic rings. The Bertz CT molecular complexity index is 376. The fraction of sp³-hybridized carbons (Fsp3) is 0. The van der Waals surface area contributed by atoms with Crippen LogP contribution in [0.4, 0.5) is 5.69 Å². The third-order valence-electron chi connectivity index (χ3n) is 1.30. The van der Waals surface area contributed by atoms with Crippen molar-refractivity contribution in [3.8, 4) is 0 Å². The van der Waals surface area contributed by atoms with Gasteiger partial charge in [0, 0.05) is 5.69 Å². The number of hydrogen-bond acceptors (Lipinski definition) is 3. The molecule has 0 aliphatic heterocycles. The summed E-state index contributed by atoms with van der Waals surface area (Å²) >= 11 is 0. The second-order valence-electron chi connectivity index (χ2n) is 2.15. The predicted molar refractivity (Wildman–Crippen MR) is 45.6 cm³/mol. The quantitative estimate of drug-likeness (QED) is 0.515. The molecule has 0 unspecified atom stereocenters. The topological polar surface area (TPSA) is 66.4 Å². The first-order valence-corrected chi connectivity index (χ1v) is 4.52. The minimum Gasteiger partial charge on any atom is -0.437 e. The first-order valence-electron chi connectivity index (χ1n) is 3.08. The lowest BCUT2D eigenvalue weighted by Crippen LogP contribution is -1.99. The smallest absolute Gasteiger partial charge is 0.294 e. The molecule has 0 aliphatic carbocycles. The number of rotatable bonds is 2. The Labute approximate surface area is 71.8 Å². The van der Waals surface area contributed by atoms with Gasteiger partial charge >= 0.3 is 0 Å². The maximum atomic E-state index is 10.6. The van der Waals surface area contributed by atoms with Crippen LogP contribution in [0.3, 0.4) is 0 Å². The van der Waals surface area contributed by atoms with Gasteiger partial charge in [-0.1, -0.05) is 6.07 Å². The molecule has 0 spiro atoms. The average Bonchev–Trinajstić information content (AvgIpc) is 2.03. The summed E-state index contributed by atoms with van der Waals surface area (Å²) in [7, 11) is 0.905. The summed E-state index contributed by atoms with van der Waals surface area (Å²) in [6.07, 6.45) is 0. The zero-order valence-corrected chi connectivity index (χ0v) is 6.88. The number of anilines is 1. The van der Waals surface area contributed by atoms with Gasteiger partial charge < -0.3 is 5.23 Å². The largest absolute Gasteiger partial charge is 0.437 e. The molecule has 0 fully saturated rings. The van der Waals surface area contributed by atoms with Gasteiger partial charge in [-0.15, -0.1) is 0 Å². The Morgan fingerprint density at radius 2 is 2.08 bits per heavy atom. The van der Waals surface area contributed by atoms with Gasteiger partial charge in [0.15, 0.2) is 0 Å². The Balaban J connectivity index is 3.20. The molecule has 1 aromatic rings. The number of hydrogen-bond donors (Lipinski definition) is 2. The molecule has 4 nitrogen and oxygen atoms in total. The van der Waals surface area contributed by atoms with Crippen molar-refractivity contribution in [1.29, 1.82) is 0 Å². The lowest BCUT2D eigenvalue weighted by atomic mass is 10.3. The third kappa shape index (κ3) is 1.99. The summed E-state index contributed by atoms with van der Waals surface area (Å²) in [4.78, 5) is -0.182. The van der Waals surface area contributed by atoms with Gasteiger partial charge in [-0.25, -0.2) is 0 Å². The molecule has 0 saturated carbocycles. The first-order chi connectivity index (χ1) is 5.54. The maximum absolute atomic E-state index is 10.6. The van der Waals surface area contributed by atoms with Crippen LogP contribution in [-0.4, -0.2) is 21.0 Å². The van der Waals surface area contributed by atoms with Crippen molar-refractivity contribution in [2.24, 2.45) is 0 Å². The van der Waals surface area contributed by atoms with Crippen molar-refractivity contribution in [1.82, 2.24) is 0 Å². The van der Waals surface area contributed by atoms with Crippen molar-refractivity contribution < 1.29 is 13.0 Å². The molecule has 0 saturated heterocycles. The van der Waals surface area contributed by atoms with Crippen LogP contribution in [0.25, 0.3) is 0 Å². The molecule has 6 heteroatoms. The second-order valence-corrected chi connectivity index (χ2v) is 3.57. The molecule has 0 amide bonds. The summed E-state index contributed by atoms with van der Waals surface area (Å²) < 4.78 is 29.8. The Kier molecular flexibility index (Phi) is 2.39. The van der Waals surface area contributed by atoms with Crippen LogP contribution in [-0.2, 0) is 10.1 Å². The fourth-order valence-corrected chi connectivity index (χ4v) is 1.27. The van der Waals surface area contributed by atoms with E-state index < -0.39 is 10.1 Å². The van der Waals surface area contributed by atoms with Gasteiger partial charge in [0.25, 0.3) is 10.1 Å². The van der Waals surface area contributed by atoms with E-state index in [1.165, 1.54) is 18.2 Å². The van der Waals surface area contributed by atoms with Crippen molar-refractivity contribution in [2.75, 3.05) is 5.23 Å². The number of nitrogens with one attached hydrogen (secondary N) is 1. The minimum atomic E-state index is -4.13. The van der Waals surface area contributed by atoms with E-state index in [4.69, 9.17) is 12.5 Å². The summed E-state index contributed by atoms with van der Waals surface area (Å²) in [6.45, 7) is 0. The Morgan fingerprint density at radius 3 is 2.58 bits per heavy atom. The molecule has 0 aromatic heterocycles. The normalized spacial score (nSPS) is 11.1. The van der Waals surface area contributed by atoms with E-state index >= 15 is 0 Å². The van der Waals surface area contributed by atoms with E-state index in [1.54, 1.807) is 6.07 Å². The predicted octanol–water partition coefficient (Wildman–Crippen LogP) is 0.429. The molecule has 2 radical (unpaired) electrons. The van der Waals surface area contributed by atoms with Crippen LogP contribution in [0.2, 0.25) is 0 Å². The molecular formula is C6H6BNO3S. The van der Waals surface area contributed by atoms with Crippen LogP contribution in [0.15, 0.2) is 29.2 Å². The van der Waals surface area contributed by atoms with E-state index in [0.29, 0.717) is 5.69 Å². The molecular weight excluding hydrogens is 177 g/mol. The molecule has 2 N–H and O–H groups in total. The average molecular weight is 183 g/mol. The Morgan fingerprint density at radius 1 is 1.42 bits per heavy atom. The van der Waals surface area contributed by atoms with Gasteiger partial charge in [-0.2, -0.15) is 8.42 Å². The molecule has 12 heavy (non-hydrogen) atoms. The summed E-state index contributed by atoms with van der Waals surface area (Å²) in [5.41, 5.74) is 0.421. The van der Waals surface area contributed by atoms with Gasteiger partial charge in [0.2, 0.25) is 7.98 Å². The van der Waals surface area contributed by atoms with E-state index in [1.807, 2.05) is 0 Å². The SMILES string of the molecule is [B]Nc1cccc(S(=O)(=O)O)c1. The lowest BCUT2D eigenvalue weighted by Gasteiger charge is -2.01. The molecule has 62 valence electrons. The van der Waals surface area contributed by atoms with E-state index in [-0.39, 0.29) is 4.90 Å². The zero-order valence-electron chi connectivity index (χ0n) is 6.06. The summed E-state index contributed by atoms with van der Waals surface area (Å²) in [6, 6.07) is 5.55. The highest BCUT2D eigenvalue weighted by Gasteiger charge is 2.08. The standard InChI is InChI=1S/C6H6BNO3S/c7-8-5-2-1-3-6(4-5)12(9,10)11/h1-4,8H,(H,9,10,11). The van der Waals surface area contributed by atoms with E-state index in [2.05, 4.69) is 5.23 Å². The van der Waals surface area contributed by atoms with Crippen molar-refractivity contribution >= 4 is 23.8 Å². The van der Waals surface area contributed by atoms with Crippen LogP contribution in [0.1, 0.15) is 0 Å². The number of benzene rings is 1. The molecule has 0 bridgehead atoms. The summed E-state index contributed by atoms with van der Waals surface area (Å²) in [5, 5.41) is 2.26. The zero-order chi connectivity index (χ0) is 9.19. The highest BCUT2D eigenvalue weighted by atomic mass is 32.2. The van der Waals surface area contributed by atoms with Crippen LogP contribution >= 0.6 is 0 Å². The van der Waals surface area contributed by atoms with Gasteiger partial charge in [-0.3, -0.25) is 4.55 Å². The lowest BCUT2D eigenvalue weighted by molar-refractivity contribution is 0.483. The van der Waals surface area contributed by atoms with Gasteiger partial charge in [0.1, 0.15) is 0 Å². The van der Waals surface area contributed by atoms with Gasteiger partial charge in [0.05, 0.1) is 4.90 Å². The minimum absolute atomic E-state index is 0.182. The maximum Gasteiger partial charge on any atom is 0.294 e. The van der Waals surface area contributed by atoms with Crippen molar-refractivity contribution in [3.63, 3.8) is 0 Å². The van der Waals surface area contributed by atoms with Crippen molar-refractivity contribution in [2.45, 2.75) is 4.90 Å². The highest BCUT2D eigenvalue weighted by Crippen LogP contribution is 2.13.